The van der Waals surface area contributed by atoms with Crippen molar-refractivity contribution in [2.75, 3.05) is 4.90 Å². The molecule has 2 heterocycles. The molecule has 2 aromatic heterocycles. The molecular weight excluding hydrogens is 681 g/mol. The van der Waals surface area contributed by atoms with Crippen LogP contribution in [0, 0.1) is 6.92 Å². The maximum Gasteiger partial charge on any atom is 0.145 e. The van der Waals surface area contributed by atoms with Crippen molar-refractivity contribution in [3.05, 3.63) is 203 Å². The van der Waals surface area contributed by atoms with Crippen LogP contribution in [-0.2, 0) is 10.8 Å². The van der Waals surface area contributed by atoms with Crippen molar-refractivity contribution in [1.82, 2.24) is 4.98 Å². The van der Waals surface area contributed by atoms with Gasteiger partial charge in [-0.15, -0.1) is 0 Å². The SMILES string of the molecule is [2H]c1c([2H])c([2H])c2c(c1[2H])-c1cc(C)cnc1C21c2ccccc2-c2c1cc(N(c1ccc(-c3ccccc3)cc1)c1ccc(C(C)(C)C)cc1)c1c2oc2ccccc21. The van der Waals surface area contributed by atoms with Crippen LogP contribution >= 0.6 is 0 Å². The largest absolute Gasteiger partial charge is 0.455 e. The van der Waals surface area contributed by atoms with Crippen molar-refractivity contribution in [2.24, 2.45) is 0 Å². The molecular formula is C53H40N2O. The highest BCUT2D eigenvalue weighted by Gasteiger charge is 2.54. The predicted octanol–water partition coefficient (Wildman–Crippen LogP) is 14.1. The topological polar surface area (TPSA) is 29.3 Å². The summed E-state index contributed by atoms with van der Waals surface area (Å²) in [6.45, 7) is 8.65. The molecule has 0 bridgehead atoms. The van der Waals surface area contributed by atoms with Crippen LogP contribution in [0.5, 0.6) is 0 Å². The van der Waals surface area contributed by atoms with Crippen LogP contribution < -0.4 is 4.90 Å². The lowest BCUT2D eigenvalue weighted by Gasteiger charge is -2.32. The minimum absolute atomic E-state index is 0.0463. The van der Waals surface area contributed by atoms with Crippen molar-refractivity contribution in [2.45, 2.75) is 38.5 Å². The maximum absolute atomic E-state index is 9.68. The minimum atomic E-state index is -1.18. The van der Waals surface area contributed by atoms with Gasteiger partial charge >= 0.3 is 0 Å². The normalized spacial score (nSPS) is 16.2. The zero-order chi connectivity index (χ0) is 41.2. The summed E-state index contributed by atoms with van der Waals surface area (Å²) >= 11 is 0. The molecule has 1 atom stereocenters. The van der Waals surface area contributed by atoms with Gasteiger partial charge < -0.3 is 9.32 Å². The molecule has 0 amide bonds. The van der Waals surface area contributed by atoms with E-state index >= 15 is 0 Å². The van der Waals surface area contributed by atoms with Gasteiger partial charge in [0.1, 0.15) is 11.2 Å². The van der Waals surface area contributed by atoms with E-state index in [1.165, 1.54) is 5.56 Å². The fourth-order valence-corrected chi connectivity index (χ4v) is 9.26. The lowest BCUT2D eigenvalue weighted by atomic mass is 9.72. The van der Waals surface area contributed by atoms with Gasteiger partial charge in [-0.05, 0) is 105 Å². The highest BCUT2D eigenvalue weighted by Crippen LogP contribution is 2.65. The molecule has 0 saturated carbocycles. The van der Waals surface area contributed by atoms with Crippen LogP contribution in [0.15, 0.2) is 174 Å². The summed E-state index contributed by atoms with van der Waals surface area (Å²) in [5.41, 5.74) is 13.5. The van der Waals surface area contributed by atoms with E-state index in [4.69, 9.17) is 12.1 Å². The monoisotopic (exact) mass is 724 g/mol. The summed E-state index contributed by atoms with van der Waals surface area (Å²) < 4.78 is 44.0. The summed E-state index contributed by atoms with van der Waals surface area (Å²) in [7, 11) is 0. The molecule has 1 unspecified atom stereocenters. The molecule has 0 N–H and O–H groups in total. The molecule has 56 heavy (non-hydrogen) atoms. The number of hydrogen-bond acceptors (Lipinski definition) is 3. The molecule has 0 radical (unpaired) electrons. The lowest BCUT2D eigenvalue weighted by Crippen LogP contribution is -2.27. The fourth-order valence-electron chi connectivity index (χ4n) is 9.26. The molecule has 1 spiro atoms. The molecule has 2 aliphatic rings. The second-order valence-electron chi connectivity index (χ2n) is 16.1. The van der Waals surface area contributed by atoms with E-state index in [1.54, 1.807) is 0 Å². The number of anilines is 3. The molecule has 268 valence electrons. The zero-order valence-electron chi connectivity index (χ0n) is 35.7. The standard InChI is InChI=1S/C53H40N2O/c1-33-30-42-39-16-8-11-19-43(39)53(51(42)54-32-33)44-20-12-9-17-40(44)48-45(53)31-46(49-41-18-10-13-21-47(41)56-50(48)49)55(38-28-24-36(25-29-38)52(2,3)4)37-26-22-35(23-27-37)34-14-6-5-7-15-34/h5-32H,1-4H3/i8D,11D,16D,19D. The zero-order valence-corrected chi connectivity index (χ0v) is 31.7. The van der Waals surface area contributed by atoms with Gasteiger partial charge in [-0.1, -0.05) is 142 Å². The van der Waals surface area contributed by atoms with Crippen LogP contribution in [0.25, 0.3) is 55.3 Å². The molecule has 7 aromatic carbocycles. The van der Waals surface area contributed by atoms with Crippen molar-refractivity contribution in [3.8, 4) is 33.4 Å². The van der Waals surface area contributed by atoms with E-state index in [2.05, 4.69) is 123 Å². The Morgan fingerprint density at radius 2 is 1.32 bits per heavy atom. The Hall–Kier alpha value is -6.71. The Morgan fingerprint density at radius 3 is 2.11 bits per heavy atom. The summed E-state index contributed by atoms with van der Waals surface area (Å²) in [6.07, 6.45) is 1.85. The first kappa shape index (κ1) is 28.7. The quantitative estimate of drug-likeness (QED) is 0.181. The van der Waals surface area contributed by atoms with Crippen LogP contribution in [0.2, 0.25) is 0 Å². The van der Waals surface area contributed by atoms with Gasteiger partial charge in [0.15, 0.2) is 0 Å². The Kier molecular flexibility index (Phi) is 6.09. The van der Waals surface area contributed by atoms with Crippen LogP contribution in [0.1, 0.15) is 59.8 Å². The highest BCUT2D eigenvalue weighted by atomic mass is 16.3. The van der Waals surface area contributed by atoms with Gasteiger partial charge in [0.2, 0.25) is 0 Å². The van der Waals surface area contributed by atoms with Crippen LogP contribution in [0.4, 0.5) is 17.1 Å². The highest BCUT2D eigenvalue weighted by molar-refractivity contribution is 6.19. The average molecular weight is 725 g/mol. The van der Waals surface area contributed by atoms with Crippen molar-refractivity contribution >= 4 is 39.0 Å². The van der Waals surface area contributed by atoms with E-state index < -0.39 is 5.41 Å². The molecule has 0 fully saturated rings. The Balaban J connectivity index is 1.30. The van der Waals surface area contributed by atoms with Gasteiger partial charge in [-0.3, -0.25) is 4.98 Å². The van der Waals surface area contributed by atoms with E-state index in [-0.39, 0.29) is 29.6 Å². The number of aromatic nitrogens is 1. The third-order valence-electron chi connectivity index (χ3n) is 11.8. The third-order valence-corrected chi connectivity index (χ3v) is 11.8. The first-order valence-corrected chi connectivity index (χ1v) is 19.2. The molecule has 3 heteroatoms. The van der Waals surface area contributed by atoms with Crippen LogP contribution in [0.3, 0.4) is 0 Å². The fraction of sp³-hybridized carbons (Fsp3) is 0.113. The molecule has 11 rings (SSSR count). The Morgan fingerprint density at radius 1 is 0.643 bits per heavy atom. The third kappa shape index (κ3) is 4.55. The van der Waals surface area contributed by atoms with Crippen molar-refractivity contribution in [1.29, 1.82) is 0 Å². The van der Waals surface area contributed by atoms with Gasteiger partial charge in [0.25, 0.3) is 0 Å². The predicted molar refractivity (Wildman–Crippen MR) is 231 cm³/mol. The second-order valence-corrected chi connectivity index (χ2v) is 16.1. The second kappa shape index (κ2) is 11.9. The number of aryl methyl sites for hydroxylation is 1. The van der Waals surface area contributed by atoms with Gasteiger partial charge in [-0.2, -0.15) is 0 Å². The van der Waals surface area contributed by atoms with Gasteiger partial charge in [0, 0.05) is 34.1 Å². The van der Waals surface area contributed by atoms with Gasteiger partial charge in [-0.25, -0.2) is 0 Å². The molecule has 0 saturated heterocycles. The number of pyridine rings is 1. The average Bonchev–Trinajstić information content (AvgIpc) is 3.89. The number of fused-ring (bicyclic) bond motifs is 14. The number of benzene rings is 7. The molecule has 9 aromatic rings. The summed E-state index contributed by atoms with van der Waals surface area (Å²) in [5.74, 6) is 0. The first-order chi connectivity index (χ1) is 29.0. The number of hydrogen-bond donors (Lipinski definition) is 0. The van der Waals surface area contributed by atoms with Crippen molar-refractivity contribution in [3.63, 3.8) is 0 Å². The number of furan rings is 1. The van der Waals surface area contributed by atoms with E-state index in [9.17, 15) is 2.74 Å². The molecule has 0 aliphatic heterocycles. The number of rotatable bonds is 4. The van der Waals surface area contributed by atoms with Crippen LogP contribution in [-0.4, -0.2) is 4.98 Å². The Bertz CT molecular complexity index is 3240. The summed E-state index contributed by atoms with van der Waals surface area (Å²) in [4.78, 5) is 7.51. The summed E-state index contributed by atoms with van der Waals surface area (Å²) in [6, 6.07) is 47.9. The summed E-state index contributed by atoms with van der Waals surface area (Å²) in [5, 5.41) is 1.93. The lowest BCUT2D eigenvalue weighted by molar-refractivity contribution is 0.590. The van der Waals surface area contributed by atoms with Crippen molar-refractivity contribution < 1.29 is 9.90 Å². The first-order valence-electron chi connectivity index (χ1n) is 21.2. The van der Waals surface area contributed by atoms with E-state index in [0.29, 0.717) is 22.4 Å². The van der Waals surface area contributed by atoms with E-state index in [0.717, 1.165) is 77.9 Å². The molecule has 3 nitrogen and oxygen atoms in total. The molecule has 2 aliphatic carbocycles. The maximum atomic E-state index is 9.68. The van der Waals surface area contributed by atoms with E-state index in [1.807, 2.05) is 55.6 Å². The Labute approximate surface area is 333 Å². The smallest absolute Gasteiger partial charge is 0.145 e. The number of nitrogens with zero attached hydrogens (tertiary/aromatic N) is 2. The number of para-hydroxylation sites is 1. The minimum Gasteiger partial charge on any atom is -0.455 e. The van der Waals surface area contributed by atoms with Gasteiger partial charge in [0.05, 0.1) is 27.7 Å².